The van der Waals surface area contributed by atoms with E-state index in [4.69, 9.17) is 5.73 Å². The molecule has 0 aliphatic carbocycles. The summed E-state index contributed by atoms with van der Waals surface area (Å²) in [5.41, 5.74) is 4.56. The predicted octanol–water partition coefficient (Wildman–Crippen LogP) is 0.186. The van der Waals surface area contributed by atoms with Gasteiger partial charge in [-0.05, 0) is 19.1 Å². The normalized spacial score (nSPS) is 12.9. The fourth-order valence-electron chi connectivity index (χ4n) is 1.99. The number of rotatable bonds is 2. The number of halogens is 1. The number of benzene rings is 1. The number of nitrogens with zero attached hydrogens (tertiary/aromatic N) is 2. The van der Waals surface area contributed by atoms with Crippen molar-refractivity contribution in [3.63, 3.8) is 0 Å². The van der Waals surface area contributed by atoms with Crippen molar-refractivity contribution in [2.75, 3.05) is 0 Å². The average Bonchev–Trinajstić information content (AvgIpc) is 2.31. The van der Waals surface area contributed by atoms with E-state index in [-0.39, 0.29) is 23.5 Å². The molecule has 1 atom stereocenters. The Bertz CT molecular complexity index is 716. The number of nitrogens with two attached hydrogens (primary N) is 1. The molecule has 0 saturated carbocycles. The molecule has 96 valence electrons. The summed E-state index contributed by atoms with van der Waals surface area (Å²) >= 11 is 0. The highest BCUT2D eigenvalue weighted by Gasteiger charge is 2.14. The molecule has 0 aliphatic heterocycles. The first-order valence-corrected chi connectivity index (χ1v) is 5.57. The lowest BCUT2D eigenvalue weighted by atomic mass is 10.2. The lowest BCUT2D eigenvalue weighted by Gasteiger charge is -2.12. The van der Waals surface area contributed by atoms with Gasteiger partial charge in [0.2, 0.25) is 0 Å². The van der Waals surface area contributed by atoms with E-state index in [0.29, 0.717) is 0 Å². The quantitative estimate of drug-likeness (QED) is 0.828. The molecule has 2 N–H and O–H groups in total. The zero-order valence-corrected chi connectivity index (χ0v) is 10.2. The number of hydrogen-bond acceptors (Lipinski definition) is 3. The third-order valence-corrected chi connectivity index (χ3v) is 2.79. The van der Waals surface area contributed by atoms with Gasteiger partial charge in [0.15, 0.2) is 0 Å². The number of para-hydroxylation sites is 1. The topological polar surface area (TPSA) is 70.0 Å². The van der Waals surface area contributed by atoms with Crippen molar-refractivity contribution in [1.82, 2.24) is 9.13 Å². The van der Waals surface area contributed by atoms with Crippen molar-refractivity contribution in [2.24, 2.45) is 12.8 Å². The van der Waals surface area contributed by atoms with Gasteiger partial charge in [0.05, 0.1) is 10.9 Å². The number of aromatic nitrogens is 2. The first kappa shape index (κ1) is 12.5. The summed E-state index contributed by atoms with van der Waals surface area (Å²) in [5.74, 6) is -0.586. The van der Waals surface area contributed by atoms with E-state index in [9.17, 15) is 14.0 Å². The van der Waals surface area contributed by atoms with Gasteiger partial charge in [-0.25, -0.2) is 9.18 Å². The standard InChI is InChI=1S/C12H14FN3O2/c1-7(14)6-16-11(17)8-4-3-5-9(13)10(8)15(2)12(16)18/h3-5,7H,6,14H2,1-2H3. The van der Waals surface area contributed by atoms with E-state index < -0.39 is 17.1 Å². The summed E-state index contributed by atoms with van der Waals surface area (Å²) in [6.45, 7) is 1.81. The zero-order valence-electron chi connectivity index (χ0n) is 10.2. The van der Waals surface area contributed by atoms with E-state index >= 15 is 0 Å². The molecule has 6 heteroatoms. The van der Waals surface area contributed by atoms with Crippen LogP contribution in [0, 0.1) is 5.82 Å². The Morgan fingerprint density at radius 2 is 2.06 bits per heavy atom. The number of fused-ring (bicyclic) bond motifs is 1. The van der Waals surface area contributed by atoms with E-state index in [2.05, 4.69) is 0 Å². The van der Waals surface area contributed by atoms with Gasteiger partial charge < -0.3 is 5.73 Å². The van der Waals surface area contributed by atoms with Crippen LogP contribution in [-0.4, -0.2) is 15.2 Å². The second-order valence-electron chi connectivity index (χ2n) is 4.37. The summed E-state index contributed by atoms with van der Waals surface area (Å²) in [6, 6.07) is 3.83. The SMILES string of the molecule is CC(N)Cn1c(=O)c2cccc(F)c2n(C)c1=O. The maximum Gasteiger partial charge on any atom is 0.331 e. The summed E-state index contributed by atoms with van der Waals surface area (Å²) < 4.78 is 15.8. The highest BCUT2D eigenvalue weighted by Crippen LogP contribution is 2.11. The molecule has 18 heavy (non-hydrogen) atoms. The maximum absolute atomic E-state index is 13.7. The highest BCUT2D eigenvalue weighted by atomic mass is 19.1. The Morgan fingerprint density at radius 3 is 2.67 bits per heavy atom. The Balaban J connectivity index is 2.93. The predicted molar refractivity (Wildman–Crippen MR) is 67.1 cm³/mol. The van der Waals surface area contributed by atoms with E-state index in [1.54, 1.807) is 6.92 Å². The lowest BCUT2D eigenvalue weighted by Crippen LogP contribution is -2.43. The van der Waals surface area contributed by atoms with E-state index in [1.165, 1.54) is 25.2 Å². The third kappa shape index (κ3) is 1.84. The fourth-order valence-corrected chi connectivity index (χ4v) is 1.99. The fraction of sp³-hybridized carbons (Fsp3) is 0.333. The van der Waals surface area contributed by atoms with Crippen LogP contribution in [0.1, 0.15) is 6.92 Å². The summed E-state index contributed by atoms with van der Waals surface area (Å²) in [6.07, 6.45) is 0. The monoisotopic (exact) mass is 251 g/mol. The van der Waals surface area contributed by atoms with Crippen LogP contribution >= 0.6 is 0 Å². The molecule has 1 aromatic carbocycles. The summed E-state index contributed by atoms with van der Waals surface area (Å²) in [4.78, 5) is 24.1. The summed E-state index contributed by atoms with van der Waals surface area (Å²) in [5, 5.41) is 0.178. The molecule has 0 spiro atoms. The third-order valence-electron chi connectivity index (χ3n) is 2.79. The molecule has 2 rings (SSSR count). The molecular formula is C12H14FN3O2. The Kier molecular flexibility index (Phi) is 3.04. The van der Waals surface area contributed by atoms with Crippen LogP contribution < -0.4 is 17.0 Å². The smallest absolute Gasteiger partial charge is 0.326 e. The van der Waals surface area contributed by atoms with Crippen LogP contribution in [0.2, 0.25) is 0 Å². The highest BCUT2D eigenvalue weighted by molar-refractivity contribution is 5.78. The van der Waals surface area contributed by atoms with Crippen LogP contribution in [0.25, 0.3) is 10.9 Å². The van der Waals surface area contributed by atoms with Gasteiger partial charge in [0, 0.05) is 19.6 Å². The van der Waals surface area contributed by atoms with Crippen LogP contribution in [0.5, 0.6) is 0 Å². The van der Waals surface area contributed by atoms with E-state index in [0.717, 1.165) is 9.13 Å². The van der Waals surface area contributed by atoms with Crippen molar-refractivity contribution in [1.29, 1.82) is 0 Å². The summed E-state index contributed by atoms with van der Waals surface area (Å²) in [7, 11) is 1.44. The van der Waals surface area contributed by atoms with Crippen LogP contribution in [0.15, 0.2) is 27.8 Å². The molecule has 5 nitrogen and oxygen atoms in total. The minimum absolute atomic E-state index is 0.0217. The van der Waals surface area contributed by atoms with Gasteiger partial charge in [-0.1, -0.05) is 6.07 Å². The lowest BCUT2D eigenvalue weighted by molar-refractivity contribution is 0.534. The van der Waals surface area contributed by atoms with Crippen molar-refractivity contribution in [2.45, 2.75) is 19.5 Å². The Morgan fingerprint density at radius 1 is 1.39 bits per heavy atom. The van der Waals surface area contributed by atoms with Gasteiger partial charge in [0.25, 0.3) is 5.56 Å². The number of aryl methyl sites for hydroxylation is 1. The van der Waals surface area contributed by atoms with Crippen LogP contribution in [0.3, 0.4) is 0 Å². The first-order valence-electron chi connectivity index (χ1n) is 5.57. The van der Waals surface area contributed by atoms with E-state index in [1.807, 2.05) is 0 Å². The van der Waals surface area contributed by atoms with Gasteiger partial charge in [-0.2, -0.15) is 0 Å². The molecule has 0 saturated heterocycles. The Labute approximate surface area is 102 Å². The largest absolute Gasteiger partial charge is 0.331 e. The molecular weight excluding hydrogens is 237 g/mol. The minimum atomic E-state index is -0.586. The first-order chi connectivity index (χ1) is 8.43. The van der Waals surface area contributed by atoms with Crippen LogP contribution in [-0.2, 0) is 13.6 Å². The Hall–Kier alpha value is -1.95. The number of hydrogen-bond donors (Lipinski definition) is 1. The second kappa shape index (κ2) is 4.38. The van der Waals surface area contributed by atoms with Gasteiger partial charge >= 0.3 is 5.69 Å². The van der Waals surface area contributed by atoms with Crippen molar-refractivity contribution in [3.05, 3.63) is 44.9 Å². The zero-order chi connectivity index (χ0) is 13.4. The van der Waals surface area contributed by atoms with Crippen molar-refractivity contribution >= 4 is 10.9 Å². The molecule has 1 heterocycles. The molecule has 2 aromatic rings. The van der Waals surface area contributed by atoms with Crippen molar-refractivity contribution in [3.8, 4) is 0 Å². The molecule has 1 aromatic heterocycles. The van der Waals surface area contributed by atoms with Gasteiger partial charge in [0.1, 0.15) is 5.82 Å². The molecule has 0 fully saturated rings. The van der Waals surface area contributed by atoms with Gasteiger partial charge in [-0.15, -0.1) is 0 Å². The molecule has 0 aliphatic rings. The molecule has 0 radical (unpaired) electrons. The maximum atomic E-state index is 13.7. The van der Waals surface area contributed by atoms with Crippen LogP contribution in [0.4, 0.5) is 4.39 Å². The van der Waals surface area contributed by atoms with Gasteiger partial charge in [-0.3, -0.25) is 13.9 Å². The minimum Gasteiger partial charge on any atom is -0.326 e. The van der Waals surface area contributed by atoms with Crippen molar-refractivity contribution < 1.29 is 4.39 Å². The average molecular weight is 251 g/mol. The second-order valence-corrected chi connectivity index (χ2v) is 4.37. The molecule has 1 unspecified atom stereocenters. The molecule has 0 amide bonds. The molecule has 0 bridgehead atoms.